The Morgan fingerprint density at radius 2 is 2.14 bits per heavy atom. The summed E-state index contributed by atoms with van der Waals surface area (Å²) in [6, 6.07) is 5.09. The van der Waals surface area contributed by atoms with E-state index in [4.69, 9.17) is 0 Å². The summed E-state index contributed by atoms with van der Waals surface area (Å²) in [7, 11) is 0. The van der Waals surface area contributed by atoms with Crippen molar-refractivity contribution in [2.24, 2.45) is 0 Å². The first-order valence-electron chi connectivity index (χ1n) is 7.09. The first kappa shape index (κ1) is 14.5. The van der Waals surface area contributed by atoms with E-state index in [-0.39, 0.29) is 0 Å². The van der Waals surface area contributed by atoms with Crippen LogP contribution in [0.15, 0.2) is 28.3 Å². The Kier molecular flexibility index (Phi) is 4.21. The molecule has 1 N–H and O–H groups in total. The molecule has 1 aliphatic rings. The largest absolute Gasteiger partial charge is 0.389 e. The van der Waals surface area contributed by atoms with Gasteiger partial charge in [0.25, 0.3) is 0 Å². The summed E-state index contributed by atoms with van der Waals surface area (Å²) in [6.45, 7) is 1.56. The van der Waals surface area contributed by atoms with Gasteiger partial charge in [-0.3, -0.25) is 0 Å². The van der Waals surface area contributed by atoms with Crippen molar-refractivity contribution in [1.82, 2.24) is 20.2 Å². The number of aliphatic hydroxyl groups is 1. The first-order valence-corrected chi connectivity index (χ1v) is 7.90. The summed E-state index contributed by atoms with van der Waals surface area (Å²) in [6.07, 6.45) is 3.65. The maximum absolute atomic E-state index is 13.9. The standard InChI is InChI=1S/C14H17FN4OS/c1-9(20)13-11(15)7-4-8-12(13)21-14-16-17-18-19(14)10-5-2-3-6-10/h4,7-10,20H,2-3,5-6H2,1H3/t9-/m0/s1. The first-order chi connectivity index (χ1) is 10.2. The number of rotatable bonds is 4. The van der Waals surface area contributed by atoms with Crippen LogP contribution < -0.4 is 0 Å². The van der Waals surface area contributed by atoms with E-state index in [9.17, 15) is 9.50 Å². The Labute approximate surface area is 126 Å². The topological polar surface area (TPSA) is 63.8 Å². The van der Waals surface area contributed by atoms with Crippen molar-refractivity contribution in [3.05, 3.63) is 29.6 Å². The molecule has 1 heterocycles. The molecule has 0 bridgehead atoms. The fourth-order valence-electron chi connectivity index (χ4n) is 2.74. The minimum absolute atomic E-state index is 0.295. The van der Waals surface area contributed by atoms with E-state index in [1.807, 2.05) is 4.68 Å². The van der Waals surface area contributed by atoms with Gasteiger partial charge in [0.1, 0.15) is 5.82 Å². The molecule has 0 unspecified atom stereocenters. The summed E-state index contributed by atoms with van der Waals surface area (Å²) >= 11 is 1.30. The zero-order valence-electron chi connectivity index (χ0n) is 11.7. The van der Waals surface area contributed by atoms with Crippen molar-refractivity contribution in [3.8, 4) is 0 Å². The van der Waals surface area contributed by atoms with Crippen molar-refractivity contribution in [3.63, 3.8) is 0 Å². The lowest BCUT2D eigenvalue weighted by Gasteiger charge is -2.14. The van der Waals surface area contributed by atoms with Crippen LogP contribution in [0.3, 0.4) is 0 Å². The Morgan fingerprint density at radius 1 is 1.38 bits per heavy atom. The van der Waals surface area contributed by atoms with Gasteiger partial charge in [0.2, 0.25) is 5.16 Å². The average Bonchev–Trinajstić information content (AvgIpc) is 3.08. The van der Waals surface area contributed by atoms with Crippen LogP contribution in [0.4, 0.5) is 4.39 Å². The van der Waals surface area contributed by atoms with E-state index in [0.29, 0.717) is 21.7 Å². The van der Waals surface area contributed by atoms with Crippen LogP contribution in [0.2, 0.25) is 0 Å². The van der Waals surface area contributed by atoms with Gasteiger partial charge < -0.3 is 5.11 Å². The molecule has 1 aromatic carbocycles. The van der Waals surface area contributed by atoms with Gasteiger partial charge in [-0.15, -0.1) is 5.10 Å². The maximum atomic E-state index is 13.9. The molecular formula is C14H17FN4OS. The second-order valence-electron chi connectivity index (χ2n) is 5.27. The number of benzene rings is 1. The molecule has 21 heavy (non-hydrogen) atoms. The number of aromatic nitrogens is 4. The van der Waals surface area contributed by atoms with Crippen LogP contribution in [0.25, 0.3) is 0 Å². The van der Waals surface area contributed by atoms with Gasteiger partial charge in [-0.2, -0.15) is 0 Å². The molecule has 7 heteroatoms. The molecule has 1 aliphatic carbocycles. The van der Waals surface area contributed by atoms with E-state index < -0.39 is 11.9 Å². The van der Waals surface area contributed by atoms with Crippen molar-refractivity contribution in [1.29, 1.82) is 0 Å². The second kappa shape index (κ2) is 6.11. The quantitative estimate of drug-likeness (QED) is 0.940. The predicted molar refractivity (Wildman–Crippen MR) is 76.5 cm³/mol. The van der Waals surface area contributed by atoms with Crippen LogP contribution in [0, 0.1) is 5.82 Å². The monoisotopic (exact) mass is 308 g/mol. The van der Waals surface area contributed by atoms with Gasteiger partial charge in [-0.1, -0.05) is 18.9 Å². The van der Waals surface area contributed by atoms with Crippen LogP contribution >= 0.6 is 11.8 Å². The SMILES string of the molecule is C[C@H](O)c1c(F)cccc1Sc1nnnn1C1CCCC1. The van der Waals surface area contributed by atoms with Crippen molar-refractivity contribution in [2.75, 3.05) is 0 Å². The minimum Gasteiger partial charge on any atom is -0.389 e. The molecule has 1 saturated carbocycles. The van der Waals surface area contributed by atoms with Crippen LogP contribution in [-0.4, -0.2) is 25.3 Å². The number of aliphatic hydroxyl groups excluding tert-OH is 1. The summed E-state index contributed by atoms with van der Waals surface area (Å²) < 4.78 is 15.7. The lowest BCUT2D eigenvalue weighted by molar-refractivity contribution is 0.191. The highest BCUT2D eigenvalue weighted by molar-refractivity contribution is 7.99. The third kappa shape index (κ3) is 2.94. The van der Waals surface area contributed by atoms with Gasteiger partial charge in [0.15, 0.2) is 0 Å². The summed E-state index contributed by atoms with van der Waals surface area (Å²) in [5.74, 6) is -0.408. The van der Waals surface area contributed by atoms with E-state index >= 15 is 0 Å². The molecular weight excluding hydrogens is 291 g/mol. The van der Waals surface area contributed by atoms with Gasteiger partial charge in [0.05, 0.1) is 12.1 Å². The zero-order chi connectivity index (χ0) is 14.8. The normalized spacial score (nSPS) is 17.3. The lowest BCUT2D eigenvalue weighted by atomic mass is 10.1. The fraction of sp³-hybridized carbons (Fsp3) is 0.500. The number of halogens is 1. The molecule has 0 spiro atoms. The van der Waals surface area contributed by atoms with Crippen molar-refractivity contribution in [2.45, 2.75) is 54.8 Å². The molecule has 0 radical (unpaired) electrons. The Bertz CT molecular complexity index is 625. The smallest absolute Gasteiger partial charge is 0.214 e. The molecule has 0 amide bonds. The number of tetrazole rings is 1. The Hall–Kier alpha value is -1.47. The minimum atomic E-state index is -0.871. The molecule has 1 aromatic heterocycles. The van der Waals surface area contributed by atoms with Gasteiger partial charge in [0, 0.05) is 10.5 Å². The average molecular weight is 308 g/mol. The Morgan fingerprint density at radius 3 is 2.86 bits per heavy atom. The van der Waals surface area contributed by atoms with E-state index in [2.05, 4.69) is 15.5 Å². The maximum Gasteiger partial charge on any atom is 0.214 e. The molecule has 2 aromatic rings. The molecule has 1 fully saturated rings. The van der Waals surface area contributed by atoms with Crippen LogP contribution in [-0.2, 0) is 0 Å². The zero-order valence-corrected chi connectivity index (χ0v) is 12.6. The van der Waals surface area contributed by atoms with Crippen molar-refractivity contribution >= 4 is 11.8 Å². The Balaban J connectivity index is 1.91. The number of hydrogen-bond acceptors (Lipinski definition) is 5. The van der Waals surface area contributed by atoms with Crippen LogP contribution in [0.5, 0.6) is 0 Å². The molecule has 1 atom stereocenters. The van der Waals surface area contributed by atoms with E-state index in [0.717, 1.165) is 12.8 Å². The predicted octanol–water partition coefficient (Wildman–Crippen LogP) is 3.13. The fourth-order valence-corrected chi connectivity index (χ4v) is 3.82. The summed E-state index contributed by atoms with van der Waals surface area (Å²) in [5.41, 5.74) is 0.295. The van der Waals surface area contributed by atoms with Gasteiger partial charge >= 0.3 is 0 Å². The molecule has 3 rings (SSSR count). The third-order valence-electron chi connectivity index (χ3n) is 3.77. The number of nitrogens with zero attached hydrogens (tertiary/aromatic N) is 4. The lowest BCUT2D eigenvalue weighted by Crippen LogP contribution is -2.08. The molecule has 112 valence electrons. The second-order valence-corrected chi connectivity index (χ2v) is 6.28. The highest BCUT2D eigenvalue weighted by Crippen LogP contribution is 2.36. The number of hydrogen-bond donors (Lipinski definition) is 1. The summed E-state index contributed by atoms with van der Waals surface area (Å²) in [5, 5.41) is 22.3. The van der Waals surface area contributed by atoms with Crippen molar-refractivity contribution < 1.29 is 9.50 Å². The summed E-state index contributed by atoms with van der Waals surface area (Å²) in [4.78, 5) is 0.652. The van der Waals surface area contributed by atoms with Crippen LogP contribution in [0.1, 0.15) is 50.3 Å². The highest BCUT2D eigenvalue weighted by atomic mass is 32.2. The molecule has 0 saturated heterocycles. The van der Waals surface area contributed by atoms with E-state index in [1.54, 1.807) is 19.1 Å². The van der Waals surface area contributed by atoms with Gasteiger partial charge in [-0.25, -0.2) is 9.07 Å². The van der Waals surface area contributed by atoms with E-state index in [1.165, 1.54) is 30.7 Å². The molecule has 5 nitrogen and oxygen atoms in total. The molecule has 0 aliphatic heterocycles. The van der Waals surface area contributed by atoms with Gasteiger partial charge in [-0.05, 0) is 54.1 Å². The third-order valence-corrected chi connectivity index (χ3v) is 4.79. The highest BCUT2D eigenvalue weighted by Gasteiger charge is 2.23.